The Hall–Kier alpha value is -2.37. The van der Waals surface area contributed by atoms with Crippen molar-refractivity contribution in [1.29, 1.82) is 0 Å². The third-order valence-electron chi connectivity index (χ3n) is 5.91. The summed E-state index contributed by atoms with van der Waals surface area (Å²) in [4.78, 5) is 22.6. The number of nitrogens with zero attached hydrogens (tertiary/aromatic N) is 6. The van der Waals surface area contributed by atoms with Crippen LogP contribution in [0.5, 0.6) is 0 Å². The molecule has 1 fully saturated rings. The molecule has 2 aliphatic rings. The first kappa shape index (κ1) is 22.8. The number of hydrogen-bond donors (Lipinski definition) is 1. The fourth-order valence-corrected chi connectivity index (χ4v) is 4.51. The van der Waals surface area contributed by atoms with Gasteiger partial charge in [-0.2, -0.15) is 0 Å². The monoisotopic (exact) mass is 470 g/mol. The fraction of sp³-hybridized carbons (Fsp3) is 0.600. The van der Waals surface area contributed by atoms with Crippen molar-refractivity contribution in [3.05, 3.63) is 45.0 Å². The molecule has 1 unspecified atom stereocenters. The van der Waals surface area contributed by atoms with Gasteiger partial charge in [0.05, 0.1) is 12.1 Å². The number of nitro groups is 1. The first-order valence-electron chi connectivity index (χ1n) is 10.4. The second-order valence-electron chi connectivity index (χ2n) is 8.83. The third-order valence-corrected chi connectivity index (χ3v) is 6.21. The zero-order valence-corrected chi connectivity index (χ0v) is 18.4. The van der Waals surface area contributed by atoms with E-state index in [9.17, 15) is 24.0 Å². The molecule has 174 valence electrons. The van der Waals surface area contributed by atoms with Crippen LogP contribution < -0.4 is 4.90 Å². The summed E-state index contributed by atoms with van der Waals surface area (Å²) in [5, 5.41) is 21.7. The number of halogens is 3. The normalized spacial score (nSPS) is 20.6. The Balaban J connectivity index is 1.38. The maximum absolute atomic E-state index is 13.4. The van der Waals surface area contributed by atoms with Gasteiger partial charge in [-0.25, -0.2) is 13.8 Å². The molecule has 0 spiro atoms. The number of aliphatic hydroxyl groups is 1. The molecule has 0 saturated carbocycles. The third kappa shape index (κ3) is 5.16. The van der Waals surface area contributed by atoms with E-state index in [-0.39, 0.29) is 30.5 Å². The van der Waals surface area contributed by atoms with Crippen LogP contribution in [-0.4, -0.2) is 67.2 Å². The molecule has 2 aromatic rings. The van der Waals surface area contributed by atoms with Gasteiger partial charge in [-0.05, 0) is 40.1 Å². The number of aromatic nitrogens is 3. The smallest absolute Gasteiger partial charge is 0.383 e. The zero-order chi connectivity index (χ0) is 23.1. The lowest BCUT2D eigenvalue weighted by molar-refractivity contribution is -0.389. The molecule has 0 bridgehead atoms. The Bertz CT molecular complexity index is 1010. The Labute approximate surface area is 188 Å². The molecule has 12 heteroatoms. The predicted molar refractivity (Wildman–Crippen MR) is 114 cm³/mol. The standard InChI is InChI=1S/C20H25ClF2N6O3/c1-19(30,13-28-11-17(29(31)32)25-18(28)21)12-26-7-4-15-14(10-26)2-3-16(24-15)27-8-5-20(22,23)6-9-27/h2-3,11,30H,4-10,12-13H2,1H3. The molecule has 9 nitrogen and oxygen atoms in total. The highest BCUT2D eigenvalue weighted by molar-refractivity contribution is 6.28. The molecule has 1 N–H and O–H groups in total. The molecular formula is C20H25ClF2N6O3. The molecule has 2 aliphatic heterocycles. The van der Waals surface area contributed by atoms with Gasteiger partial charge in [-0.15, -0.1) is 0 Å². The predicted octanol–water partition coefficient (Wildman–Crippen LogP) is 2.88. The van der Waals surface area contributed by atoms with Crippen LogP contribution in [0.4, 0.5) is 20.4 Å². The van der Waals surface area contributed by atoms with Crippen LogP contribution in [0.1, 0.15) is 31.0 Å². The summed E-state index contributed by atoms with van der Waals surface area (Å²) in [6.07, 6.45) is 1.59. The summed E-state index contributed by atoms with van der Waals surface area (Å²) < 4.78 is 28.2. The van der Waals surface area contributed by atoms with Crippen LogP contribution >= 0.6 is 11.6 Å². The number of imidazole rings is 1. The van der Waals surface area contributed by atoms with Crippen molar-refractivity contribution in [3.8, 4) is 0 Å². The molecule has 32 heavy (non-hydrogen) atoms. The van der Waals surface area contributed by atoms with E-state index in [4.69, 9.17) is 16.6 Å². The first-order chi connectivity index (χ1) is 15.0. The summed E-state index contributed by atoms with van der Waals surface area (Å²) in [7, 11) is 0. The van der Waals surface area contributed by atoms with E-state index in [1.807, 2.05) is 17.0 Å². The highest BCUT2D eigenvalue weighted by Crippen LogP contribution is 2.31. The molecule has 1 atom stereocenters. The quantitative estimate of drug-likeness (QED) is 0.511. The Morgan fingerprint density at radius 2 is 1.97 bits per heavy atom. The van der Waals surface area contributed by atoms with E-state index in [2.05, 4.69) is 9.88 Å². The van der Waals surface area contributed by atoms with E-state index in [1.54, 1.807) is 6.92 Å². The number of pyridine rings is 1. The Morgan fingerprint density at radius 3 is 2.62 bits per heavy atom. The number of piperidine rings is 1. The SMILES string of the molecule is CC(O)(CN1CCc2nc(N3CCC(F)(F)CC3)ccc2C1)Cn1cc([N+](=O)[O-])nc1Cl. The highest BCUT2D eigenvalue weighted by atomic mass is 35.5. The summed E-state index contributed by atoms with van der Waals surface area (Å²) >= 11 is 5.97. The second-order valence-corrected chi connectivity index (χ2v) is 9.17. The van der Waals surface area contributed by atoms with Gasteiger partial charge in [0.1, 0.15) is 12.0 Å². The van der Waals surface area contributed by atoms with Crippen molar-refractivity contribution < 1.29 is 18.8 Å². The van der Waals surface area contributed by atoms with E-state index < -0.39 is 16.4 Å². The second kappa shape index (κ2) is 8.53. The van der Waals surface area contributed by atoms with Gasteiger partial charge in [0.25, 0.3) is 5.92 Å². The maximum atomic E-state index is 13.4. The largest absolute Gasteiger partial charge is 0.387 e. The van der Waals surface area contributed by atoms with Gasteiger partial charge in [-0.1, -0.05) is 6.07 Å². The van der Waals surface area contributed by atoms with Crippen molar-refractivity contribution in [2.45, 2.75) is 50.8 Å². The van der Waals surface area contributed by atoms with Gasteiger partial charge in [-0.3, -0.25) is 9.47 Å². The molecule has 0 radical (unpaired) electrons. The molecule has 0 amide bonds. The van der Waals surface area contributed by atoms with Crippen LogP contribution in [0, 0.1) is 10.1 Å². The lowest BCUT2D eigenvalue weighted by Gasteiger charge is -2.36. The van der Waals surface area contributed by atoms with Crippen molar-refractivity contribution in [1.82, 2.24) is 19.4 Å². The molecular weight excluding hydrogens is 446 g/mol. The molecule has 0 aromatic carbocycles. The van der Waals surface area contributed by atoms with Crippen molar-refractivity contribution in [2.24, 2.45) is 0 Å². The molecule has 1 saturated heterocycles. The number of anilines is 1. The maximum Gasteiger partial charge on any atom is 0.383 e. The van der Waals surface area contributed by atoms with Crippen LogP contribution in [-0.2, 0) is 19.5 Å². The van der Waals surface area contributed by atoms with Gasteiger partial charge in [0.2, 0.25) is 0 Å². The minimum absolute atomic E-state index is 0.0480. The van der Waals surface area contributed by atoms with E-state index >= 15 is 0 Å². The van der Waals surface area contributed by atoms with Crippen molar-refractivity contribution in [3.63, 3.8) is 0 Å². The van der Waals surface area contributed by atoms with Gasteiger partial charge < -0.3 is 20.1 Å². The van der Waals surface area contributed by atoms with Crippen LogP contribution in [0.2, 0.25) is 5.28 Å². The molecule has 4 heterocycles. The van der Waals surface area contributed by atoms with Gasteiger partial charge in [0.15, 0.2) is 0 Å². The fourth-order valence-electron chi connectivity index (χ4n) is 4.31. The topological polar surface area (TPSA) is 101 Å². The molecule has 2 aromatic heterocycles. The number of rotatable bonds is 6. The van der Waals surface area contributed by atoms with Crippen molar-refractivity contribution in [2.75, 3.05) is 31.1 Å². The number of fused-ring (bicyclic) bond motifs is 1. The molecule has 4 rings (SSSR count). The summed E-state index contributed by atoms with van der Waals surface area (Å²) in [5.74, 6) is -2.22. The average Bonchev–Trinajstić information content (AvgIpc) is 3.07. The van der Waals surface area contributed by atoms with E-state index in [0.29, 0.717) is 39.1 Å². The minimum Gasteiger partial charge on any atom is -0.387 e. The lowest BCUT2D eigenvalue weighted by Crippen LogP contribution is -2.45. The minimum atomic E-state index is -2.59. The summed E-state index contributed by atoms with van der Waals surface area (Å²) in [6.45, 7) is 3.90. The van der Waals surface area contributed by atoms with Crippen LogP contribution in [0.15, 0.2) is 18.3 Å². The lowest BCUT2D eigenvalue weighted by atomic mass is 10.0. The zero-order valence-electron chi connectivity index (χ0n) is 17.7. The van der Waals surface area contributed by atoms with Crippen molar-refractivity contribution >= 4 is 23.2 Å². The summed E-state index contributed by atoms with van der Waals surface area (Å²) in [6, 6.07) is 3.84. The Morgan fingerprint density at radius 1 is 1.25 bits per heavy atom. The average molecular weight is 471 g/mol. The highest BCUT2D eigenvalue weighted by Gasteiger charge is 2.35. The van der Waals surface area contributed by atoms with Gasteiger partial charge in [0, 0.05) is 57.7 Å². The number of β-amino-alcohol motifs (C(OH)–C–C–N with tert-alkyl or cyclic N) is 1. The van der Waals surface area contributed by atoms with Gasteiger partial charge >= 0.3 is 11.1 Å². The molecule has 0 aliphatic carbocycles. The number of alkyl halides is 2. The van der Waals surface area contributed by atoms with E-state index in [0.717, 1.165) is 17.1 Å². The van der Waals surface area contributed by atoms with Crippen LogP contribution in [0.3, 0.4) is 0 Å². The van der Waals surface area contributed by atoms with E-state index in [1.165, 1.54) is 10.8 Å². The first-order valence-corrected chi connectivity index (χ1v) is 10.8. The summed E-state index contributed by atoms with van der Waals surface area (Å²) in [5.41, 5.74) is 0.792. The number of hydrogen-bond acceptors (Lipinski definition) is 7. The Kier molecular flexibility index (Phi) is 6.08. The van der Waals surface area contributed by atoms with Crippen LogP contribution in [0.25, 0.3) is 0 Å².